The fourth-order valence-corrected chi connectivity index (χ4v) is 1.89. The molecule has 0 spiro atoms. The predicted octanol–water partition coefficient (Wildman–Crippen LogP) is 2.42. The van der Waals surface area contributed by atoms with Gasteiger partial charge in [-0.2, -0.15) is 5.26 Å². The van der Waals surface area contributed by atoms with Crippen molar-refractivity contribution < 1.29 is 14.3 Å². The second-order valence-corrected chi connectivity index (χ2v) is 3.94. The summed E-state index contributed by atoms with van der Waals surface area (Å²) in [5.74, 6) is 0.0416. The van der Waals surface area contributed by atoms with Gasteiger partial charge in [0, 0.05) is 23.5 Å². The van der Waals surface area contributed by atoms with E-state index in [2.05, 4.69) is 4.98 Å². The molecule has 0 saturated heterocycles. The summed E-state index contributed by atoms with van der Waals surface area (Å²) in [6.45, 7) is 0. The van der Waals surface area contributed by atoms with Gasteiger partial charge in [0.05, 0.1) is 31.4 Å². The van der Waals surface area contributed by atoms with E-state index in [1.807, 2.05) is 6.07 Å². The number of nitriles is 1. The first kappa shape index (κ1) is 13.6. The van der Waals surface area contributed by atoms with E-state index in [-0.39, 0.29) is 0 Å². The van der Waals surface area contributed by atoms with Gasteiger partial charge >= 0.3 is 5.97 Å². The average Bonchev–Trinajstić information content (AvgIpc) is 2.53. The zero-order valence-corrected chi connectivity index (χ0v) is 11.1. The van der Waals surface area contributed by atoms with Gasteiger partial charge in [-0.05, 0) is 24.3 Å². The van der Waals surface area contributed by atoms with Gasteiger partial charge in [0.15, 0.2) is 0 Å². The summed E-state index contributed by atoms with van der Waals surface area (Å²) in [6.07, 6.45) is 3.03. The Kier molecular flexibility index (Phi) is 3.96. The van der Waals surface area contributed by atoms with Crippen molar-refractivity contribution in [2.45, 2.75) is 0 Å². The first-order valence-corrected chi connectivity index (χ1v) is 5.82. The third kappa shape index (κ3) is 2.45. The predicted molar refractivity (Wildman–Crippen MR) is 72.3 cm³/mol. The van der Waals surface area contributed by atoms with Gasteiger partial charge in [-0.25, -0.2) is 4.79 Å². The van der Waals surface area contributed by atoms with Gasteiger partial charge in [0.1, 0.15) is 5.75 Å². The van der Waals surface area contributed by atoms with Crippen LogP contribution in [-0.4, -0.2) is 25.2 Å². The number of hydrogen-bond acceptors (Lipinski definition) is 5. The number of esters is 1. The molecule has 5 nitrogen and oxygen atoms in total. The largest absolute Gasteiger partial charge is 0.496 e. The Labute approximate surface area is 116 Å². The van der Waals surface area contributed by atoms with E-state index in [1.165, 1.54) is 20.4 Å². The van der Waals surface area contributed by atoms with E-state index >= 15 is 0 Å². The molecule has 100 valence electrons. The van der Waals surface area contributed by atoms with Crippen LogP contribution in [0.4, 0.5) is 0 Å². The smallest absolute Gasteiger partial charge is 0.340 e. The highest BCUT2D eigenvalue weighted by atomic mass is 16.5. The molecule has 2 rings (SSSR count). The van der Waals surface area contributed by atoms with E-state index in [9.17, 15) is 4.79 Å². The Hall–Kier alpha value is -2.87. The molecule has 0 radical (unpaired) electrons. The van der Waals surface area contributed by atoms with E-state index in [4.69, 9.17) is 14.7 Å². The zero-order valence-electron chi connectivity index (χ0n) is 11.1. The average molecular weight is 268 g/mol. The maximum absolute atomic E-state index is 11.8. The molecule has 0 N–H and O–H groups in total. The molecule has 0 aliphatic rings. The van der Waals surface area contributed by atoms with Crippen molar-refractivity contribution in [2.24, 2.45) is 0 Å². The lowest BCUT2D eigenvalue weighted by Gasteiger charge is -2.11. The summed E-state index contributed by atoms with van der Waals surface area (Å²) >= 11 is 0. The Morgan fingerprint density at radius 1 is 1.25 bits per heavy atom. The van der Waals surface area contributed by atoms with Crippen LogP contribution in [0, 0.1) is 11.3 Å². The lowest BCUT2D eigenvalue weighted by Crippen LogP contribution is -2.04. The van der Waals surface area contributed by atoms with Gasteiger partial charge in [-0.1, -0.05) is 0 Å². The molecule has 1 aromatic carbocycles. The van der Waals surface area contributed by atoms with Crippen LogP contribution in [0.3, 0.4) is 0 Å². The van der Waals surface area contributed by atoms with E-state index in [1.54, 1.807) is 30.5 Å². The monoisotopic (exact) mass is 268 g/mol. The summed E-state index contributed by atoms with van der Waals surface area (Å²) in [6, 6.07) is 8.77. The number of rotatable bonds is 3. The van der Waals surface area contributed by atoms with Crippen LogP contribution in [0.1, 0.15) is 15.9 Å². The van der Waals surface area contributed by atoms with Crippen molar-refractivity contribution in [3.63, 3.8) is 0 Å². The second kappa shape index (κ2) is 5.85. The second-order valence-electron chi connectivity index (χ2n) is 3.94. The molecule has 1 aromatic heterocycles. The van der Waals surface area contributed by atoms with Crippen molar-refractivity contribution in [3.05, 3.63) is 47.8 Å². The molecule has 0 fully saturated rings. The number of benzene rings is 1. The molecule has 0 amide bonds. The van der Waals surface area contributed by atoms with Crippen LogP contribution in [0.5, 0.6) is 5.75 Å². The molecule has 0 saturated carbocycles. The maximum Gasteiger partial charge on any atom is 0.340 e. The summed E-state index contributed by atoms with van der Waals surface area (Å²) in [4.78, 5) is 15.7. The molecule has 1 heterocycles. The summed E-state index contributed by atoms with van der Waals surface area (Å²) < 4.78 is 10.0. The van der Waals surface area contributed by atoms with Crippen LogP contribution >= 0.6 is 0 Å². The van der Waals surface area contributed by atoms with Crippen LogP contribution in [0.15, 0.2) is 36.7 Å². The van der Waals surface area contributed by atoms with Gasteiger partial charge in [-0.3, -0.25) is 4.98 Å². The normalized spacial score (nSPS) is 9.65. The highest BCUT2D eigenvalue weighted by molar-refractivity contribution is 5.97. The molecule has 0 bridgehead atoms. The first-order chi connectivity index (χ1) is 9.71. The number of ether oxygens (including phenoxy) is 2. The number of carbonyl (C=O) groups is 1. The quantitative estimate of drug-likeness (QED) is 0.799. The minimum atomic E-state index is -0.473. The fraction of sp³-hybridized carbons (Fsp3) is 0.133. The third-order valence-corrected chi connectivity index (χ3v) is 2.85. The van der Waals surface area contributed by atoms with Crippen LogP contribution in [-0.2, 0) is 4.74 Å². The van der Waals surface area contributed by atoms with Gasteiger partial charge in [0.25, 0.3) is 0 Å². The fourth-order valence-electron chi connectivity index (χ4n) is 1.89. The Balaban J connectivity index is 2.63. The van der Waals surface area contributed by atoms with Crippen LogP contribution in [0.25, 0.3) is 11.1 Å². The maximum atomic E-state index is 11.8. The van der Waals surface area contributed by atoms with Crippen molar-refractivity contribution >= 4 is 5.97 Å². The number of nitrogens with zero attached hydrogens (tertiary/aromatic N) is 2. The van der Waals surface area contributed by atoms with Crippen molar-refractivity contribution in [1.29, 1.82) is 5.26 Å². The number of methoxy groups -OCH3 is 2. The molecule has 2 aromatic rings. The minimum Gasteiger partial charge on any atom is -0.496 e. The van der Waals surface area contributed by atoms with Crippen LogP contribution in [0.2, 0.25) is 0 Å². The van der Waals surface area contributed by atoms with Gasteiger partial charge < -0.3 is 9.47 Å². The Bertz CT molecular complexity index is 690. The Morgan fingerprint density at radius 3 is 2.70 bits per heavy atom. The van der Waals surface area contributed by atoms with Crippen molar-refractivity contribution in [1.82, 2.24) is 4.98 Å². The minimum absolute atomic E-state index is 0.345. The molecular weight excluding hydrogens is 256 g/mol. The van der Waals surface area contributed by atoms with E-state index in [0.717, 1.165) is 0 Å². The molecule has 0 unspecified atom stereocenters. The molecule has 0 atom stereocenters. The van der Waals surface area contributed by atoms with Crippen molar-refractivity contribution in [2.75, 3.05) is 14.2 Å². The number of hydrogen-bond donors (Lipinski definition) is 0. The third-order valence-electron chi connectivity index (χ3n) is 2.85. The summed E-state index contributed by atoms with van der Waals surface area (Å²) in [5, 5.41) is 8.91. The highest BCUT2D eigenvalue weighted by Crippen LogP contribution is 2.32. The summed E-state index contributed by atoms with van der Waals surface area (Å²) in [7, 11) is 2.83. The van der Waals surface area contributed by atoms with E-state index < -0.39 is 5.97 Å². The molecule has 0 aliphatic heterocycles. The lowest BCUT2D eigenvalue weighted by molar-refractivity contribution is 0.0601. The number of carbonyl (C=O) groups excluding carboxylic acids is 1. The standard InChI is InChI=1S/C15H12N2O3/c1-19-14-7-10(8-16)3-4-12(14)11-5-6-17-9-13(11)15(18)20-2/h3-7,9H,1-2H3. The highest BCUT2D eigenvalue weighted by Gasteiger charge is 2.16. The van der Waals surface area contributed by atoms with Gasteiger partial charge in [-0.15, -0.1) is 0 Å². The Morgan fingerprint density at radius 2 is 2.05 bits per heavy atom. The van der Waals surface area contributed by atoms with Crippen LogP contribution < -0.4 is 4.74 Å². The number of pyridine rings is 1. The summed E-state index contributed by atoms with van der Waals surface area (Å²) in [5.41, 5.74) is 2.18. The molecule has 0 aliphatic carbocycles. The lowest BCUT2D eigenvalue weighted by atomic mass is 9.99. The molecule has 5 heteroatoms. The van der Waals surface area contributed by atoms with E-state index in [0.29, 0.717) is 28.0 Å². The topological polar surface area (TPSA) is 72.2 Å². The SMILES string of the molecule is COC(=O)c1cnccc1-c1ccc(C#N)cc1OC. The number of aromatic nitrogens is 1. The van der Waals surface area contributed by atoms with Gasteiger partial charge in [0.2, 0.25) is 0 Å². The molecule has 20 heavy (non-hydrogen) atoms. The van der Waals surface area contributed by atoms with Crippen molar-refractivity contribution in [3.8, 4) is 22.9 Å². The first-order valence-electron chi connectivity index (χ1n) is 5.82. The molecular formula is C15H12N2O3. The zero-order chi connectivity index (χ0) is 14.5.